The Morgan fingerprint density at radius 1 is 1.47 bits per heavy atom. The van der Waals surface area contributed by atoms with Crippen LogP contribution in [0.25, 0.3) is 0 Å². The lowest BCUT2D eigenvalue weighted by atomic mass is 9.92. The van der Waals surface area contributed by atoms with Gasteiger partial charge in [-0.2, -0.15) is 0 Å². The van der Waals surface area contributed by atoms with Gasteiger partial charge in [0.15, 0.2) is 0 Å². The third kappa shape index (κ3) is 2.38. The number of nitrogens with zero attached hydrogens (tertiary/aromatic N) is 3. The van der Waals surface area contributed by atoms with Gasteiger partial charge in [-0.3, -0.25) is 4.79 Å². The SMILES string of the molecule is CC(C)(C)c1ccnc(N2CC(C(=O)O)C2)n1. The largest absolute Gasteiger partial charge is 0.481 e. The molecule has 0 radical (unpaired) electrons. The Labute approximate surface area is 100 Å². The molecule has 0 saturated carbocycles. The van der Waals surface area contributed by atoms with Gasteiger partial charge in [-0.1, -0.05) is 20.8 Å². The lowest BCUT2D eigenvalue weighted by Crippen LogP contribution is -2.51. The molecule has 5 heteroatoms. The second kappa shape index (κ2) is 3.98. The maximum Gasteiger partial charge on any atom is 0.310 e. The Morgan fingerprint density at radius 3 is 2.65 bits per heavy atom. The van der Waals surface area contributed by atoms with E-state index < -0.39 is 5.97 Å². The van der Waals surface area contributed by atoms with E-state index in [4.69, 9.17) is 5.11 Å². The van der Waals surface area contributed by atoms with Crippen molar-refractivity contribution in [3.05, 3.63) is 18.0 Å². The van der Waals surface area contributed by atoms with Crippen LogP contribution in [-0.2, 0) is 10.2 Å². The highest BCUT2D eigenvalue weighted by Crippen LogP contribution is 2.25. The Kier molecular flexibility index (Phi) is 2.77. The molecule has 0 aliphatic carbocycles. The highest BCUT2D eigenvalue weighted by Gasteiger charge is 2.34. The molecule has 0 unspecified atom stereocenters. The lowest BCUT2D eigenvalue weighted by Gasteiger charge is -2.37. The van der Waals surface area contributed by atoms with Crippen LogP contribution in [0.3, 0.4) is 0 Å². The van der Waals surface area contributed by atoms with E-state index in [9.17, 15) is 4.79 Å². The molecule has 2 heterocycles. The normalized spacial score (nSPS) is 16.8. The van der Waals surface area contributed by atoms with E-state index in [-0.39, 0.29) is 11.3 Å². The molecule has 0 atom stereocenters. The monoisotopic (exact) mass is 235 g/mol. The van der Waals surface area contributed by atoms with E-state index in [1.54, 1.807) is 6.20 Å². The molecular weight excluding hydrogens is 218 g/mol. The molecule has 1 aliphatic heterocycles. The number of carbonyl (C=O) groups is 1. The average molecular weight is 235 g/mol. The molecule has 92 valence electrons. The van der Waals surface area contributed by atoms with Gasteiger partial charge >= 0.3 is 5.97 Å². The summed E-state index contributed by atoms with van der Waals surface area (Å²) in [5.74, 6) is -0.389. The third-order valence-electron chi connectivity index (χ3n) is 2.92. The van der Waals surface area contributed by atoms with Crippen molar-refractivity contribution >= 4 is 11.9 Å². The van der Waals surface area contributed by atoms with Crippen molar-refractivity contribution in [3.8, 4) is 0 Å². The van der Waals surface area contributed by atoms with Crippen LogP contribution in [0, 0.1) is 5.92 Å². The van der Waals surface area contributed by atoms with Gasteiger partial charge in [0.25, 0.3) is 0 Å². The Balaban J connectivity index is 2.11. The quantitative estimate of drug-likeness (QED) is 0.836. The molecule has 0 bridgehead atoms. The Morgan fingerprint density at radius 2 is 2.12 bits per heavy atom. The molecular formula is C12H17N3O2. The van der Waals surface area contributed by atoms with Crippen molar-refractivity contribution in [3.63, 3.8) is 0 Å². The first-order valence-electron chi connectivity index (χ1n) is 5.69. The van der Waals surface area contributed by atoms with Gasteiger partial charge < -0.3 is 10.0 Å². The van der Waals surface area contributed by atoms with Crippen molar-refractivity contribution in [2.45, 2.75) is 26.2 Å². The van der Waals surface area contributed by atoms with E-state index >= 15 is 0 Å². The van der Waals surface area contributed by atoms with Gasteiger partial charge in [-0.05, 0) is 6.07 Å². The number of aromatic nitrogens is 2. The molecule has 5 nitrogen and oxygen atoms in total. The fraction of sp³-hybridized carbons (Fsp3) is 0.583. The fourth-order valence-corrected chi connectivity index (χ4v) is 1.72. The first-order chi connectivity index (χ1) is 7.88. The van der Waals surface area contributed by atoms with E-state index in [1.165, 1.54) is 0 Å². The van der Waals surface area contributed by atoms with Crippen LogP contribution >= 0.6 is 0 Å². The molecule has 1 aliphatic rings. The maximum absolute atomic E-state index is 10.7. The summed E-state index contributed by atoms with van der Waals surface area (Å²) in [5.41, 5.74) is 0.954. The number of hydrogen-bond acceptors (Lipinski definition) is 4. The topological polar surface area (TPSA) is 66.3 Å². The van der Waals surface area contributed by atoms with Gasteiger partial charge in [0.2, 0.25) is 5.95 Å². The van der Waals surface area contributed by atoms with Gasteiger partial charge in [-0.15, -0.1) is 0 Å². The van der Waals surface area contributed by atoms with Gasteiger partial charge in [0, 0.05) is 24.7 Å². The summed E-state index contributed by atoms with van der Waals surface area (Å²) < 4.78 is 0. The van der Waals surface area contributed by atoms with Gasteiger partial charge in [0.1, 0.15) is 0 Å². The predicted octanol–water partition coefficient (Wildman–Crippen LogP) is 1.29. The van der Waals surface area contributed by atoms with Crippen molar-refractivity contribution in [2.75, 3.05) is 18.0 Å². The van der Waals surface area contributed by atoms with Crippen LogP contribution in [0.1, 0.15) is 26.5 Å². The lowest BCUT2D eigenvalue weighted by molar-refractivity contribution is -0.142. The van der Waals surface area contributed by atoms with E-state index in [0.717, 1.165) is 5.69 Å². The zero-order valence-corrected chi connectivity index (χ0v) is 10.3. The van der Waals surface area contributed by atoms with Crippen molar-refractivity contribution in [1.82, 2.24) is 9.97 Å². The van der Waals surface area contributed by atoms with Gasteiger partial charge in [0.05, 0.1) is 11.6 Å². The molecule has 17 heavy (non-hydrogen) atoms. The van der Waals surface area contributed by atoms with Crippen LogP contribution in [0.15, 0.2) is 12.3 Å². The minimum atomic E-state index is -0.742. The number of carboxylic acid groups (broad SMARTS) is 1. The zero-order valence-electron chi connectivity index (χ0n) is 10.3. The van der Waals surface area contributed by atoms with Crippen LogP contribution in [0.5, 0.6) is 0 Å². The molecule has 1 N–H and O–H groups in total. The van der Waals surface area contributed by atoms with Crippen LogP contribution in [0.2, 0.25) is 0 Å². The zero-order chi connectivity index (χ0) is 12.6. The molecule has 1 aromatic rings. The van der Waals surface area contributed by atoms with Crippen molar-refractivity contribution in [1.29, 1.82) is 0 Å². The van der Waals surface area contributed by atoms with Crippen LogP contribution in [-0.4, -0.2) is 34.1 Å². The average Bonchev–Trinajstić information content (AvgIpc) is 2.13. The number of anilines is 1. The number of hydrogen-bond donors (Lipinski definition) is 1. The number of carboxylic acids is 1. The molecule has 2 rings (SSSR count). The highest BCUT2D eigenvalue weighted by molar-refractivity contribution is 5.73. The standard InChI is InChI=1S/C12H17N3O2/c1-12(2,3)9-4-5-13-11(14-9)15-6-8(7-15)10(16)17/h4-5,8H,6-7H2,1-3H3,(H,16,17). The van der Waals surface area contributed by atoms with Crippen LogP contribution < -0.4 is 4.90 Å². The van der Waals surface area contributed by atoms with Crippen molar-refractivity contribution < 1.29 is 9.90 Å². The van der Waals surface area contributed by atoms with Crippen molar-refractivity contribution in [2.24, 2.45) is 5.92 Å². The maximum atomic E-state index is 10.7. The molecule has 0 aromatic carbocycles. The summed E-state index contributed by atoms with van der Waals surface area (Å²) >= 11 is 0. The molecule has 1 fully saturated rings. The molecule has 1 aromatic heterocycles. The second-order valence-electron chi connectivity index (χ2n) is 5.43. The summed E-state index contributed by atoms with van der Waals surface area (Å²) in [6.07, 6.45) is 1.73. The fourth-order valence-electron chi connectivity index (χ4n) is 1.72. The number of rotatable bonds is 2. The summed E-state index contributed by atoms with van der Waals surface area (Å²) in [4.78, 5) is 21.3. The predicted molar refractivity (Wildman–Crippen MR) is 64.1 cm³/mol. The third-order valence-corrected chi connectivity index (χ3v) is 2.92. The molecule has 0 spiro atoms. The minimum absolute atomic E-state index is 0.0191. The smallest absolute Gasteiger partial charge is 0.310 e. The van der Waals surface area contributed by atoms with Crippen LogP contribution in [0.4, 0.5) is 5.95 Å². The summed E-state index contributed by atoms with van der Waals surface area (Å²) in [6.45, 7) is 7.28. The molecule has 1 saturated heterocycles. The minimum Gasteiger partial charge on any atom is -0.481 e. The molecule has 0 amide bonds. The number of aliphatic carboxylic acids is 1. The summed E-state index contributed by atoms with van der Waals surface area (Å²) in [5, 5.41) is 8.81. The van der Waals surface area contributed by atoms with E-state index in [1.807, 2.05) is 11.0 Å². The Hall–Kier alpha value is -1.65. The summed E-state index contributed by atoms with van der Waals surface area (Å²) in [7, 11) is 0. The highest BCUT2D eigenvalue weighted by atomic mass is 16.4. The van der Waals surface area contributed by atoms with E-state index in [0.29, 0.717) is 19.0 Å². The van der Waals surface area contributed by atoms with E-state index in [2.05, 4.69) is 30.7 Å². The second-order valence-corrected chi connectivity index (χ2v) is 5.43. The first kappa shape index (κ1) is 11.8. The van der Waals surface area contributed by atoms with Gasteiger partial charge in [-0.25, -0.2) is 9.97 Å². The first-order valence-corrected chi connectivity index (χ1v) is 5.69. The summed E-state index contributed by atoms with van der Waals surface area (Å²) in [6, 6.07) is 1.90. The Bertz CT molecular complexity index is 434.